The SMILES string of the molecule is COC(=O)[C@H](Cc1c[nH]c2ccccc12)NC(=O)c1ccccc1OC. The Balaban J connectivity index is 1.84. The molecule has 0 bridgehead atoms. The first-order chi connectivity index (χ1) is 12.6. The Bertz CT molecular complexity index is 932. The van der Waals surface area contributed by atoms with Gasteiger partial charge in [0, 0.05) is 23.5 Å². The minimum atomic E-state index is -0.809. The van der Waals surface area contributed by atoms with Gasteiger partial charge in [0.1, 0.15) is 11.8 Å². The quantitative estimate of drug-likeness (QED) is 0.669. The minimum Gasteiger partial charge on any atom is -0.496 e. The molecule has 3 aromatic rings. The van der Waals surface area contributed by atoms with Crippen LogP contribution in [0.3, 0.4) is 0 Å². The van der Waals surface area contributed by atoms with Gasteiger partial charge in [-0.15, -0.1) is 0 Å². The molecule has 26 heavy (non-hydrogen) atoms. The second-order valence-corrected chi connectivity index (χ2v) is 5.81. The lowest BCUT2D eigenvalue weighted by molar-refractivity contribution is -0.142. The molecule has 2 aromatic carbocycles. The minimum absolute atomic E-state index is 0.317. The molecule has 0 aliphatic carbocycles. The number of carbonyl (C=O) groups excluding carboxylic acids is 2. The number of para-hydroxylation sites is 2. The fourth-order valence-corrected chi connectivity index (χ4v) is 2.92. The van der Waals surface area contributed by atoms with Crippen LogP contribution in [0.15, 0.2) is 54.7 Å². The zero-order valence-corrected chi connectivity index (χ0v) is 14.6. The van der Waals surface area contributed by atoms with Crippen molar-refractivity contribution in [2.75, 3.05) is 14.2 Å². The summed E-state index contributed by atoms with van der Waals surface area (Å²) in [6, 6.07) is 13.8. The monoisotopic (exact) mass is 352 g/mol. The predicted molar refractivity (Wildman–Crippen MR) is 98.3 cm³/mol. The van der Waals surface area contributed by atoms with Gasteiger partial charge in [0.2, 0.25) is 0 Å². The maximum atomic E-state index is 12.6. The van der Waals surface area contributed by atoms with E-state index in [1.54, 1.807) is 24.3 Å². The first kappa shape index (κ1) is 17.5. The van der Waals surface area contributed by atoms with Crippen LogP contribution in [0.5, 0.6) is 5.75 Å². The largest absolute Gasteiger partial charge is 0.496 e. The smallest absolute Gasteiger partial charge is 0.328 e. The fourth-order valence-electron chi connectivity index (χ4n) is 2.92. The summed E-state index contributed by atoms with van der Waals surface area (Å²) in [5.41, 5.74) is 2.27. The summed E-state index contributed by atoms with van der Waals surface area (Å²) in [7, 11) is 2.80. The number of nitrogens with one attached hydrogen (secondary N) is 2. The van der Waals surface area contributed by atoms with Crippen LogP contribution >= 0.6 is 0 Å². The van der Waals surface area contributed by atoms with Crippen molar-refractivity contribution in [2.45, 2.75) is 12.5 Å². The Morgan fingerprint density at radius 1 is 1.08 bits per heavy atom. The van der Waals surface area contributed by atoms with E-state index in [1.165, 1.54) is 14.2 Å². The first-order valence-corrected chi connectivity index (χ1v) is 8.20. The van der Waals surface area contributed by atoms with Gasteiger partial charge in [0.15, 0.2) is 0 Å². The van der Waals surface area contributed by atoms with Crippen molar-refractivity contribution in [3.05, 3.63) is 65.9 Å². The molecule has 6 nitrogen and oxygen atoms in total. The van der Waals surface area contributed by atoms with Crippen molar-refractivity contribution >= 4 is 22.8 Å². The van der Waals surface area contributed by atoms with Gasteiger partial charge < -0.3 is 19.8 Å². The number of amides is 1. The molecular formula is C20H20N2O4. The molecule has 134 valence electrons. The zero-order chi connectivity index (χ0) is 18.5. The lowest BCUT2D eigenvalue weighted by Crippen LogP contribution is -2.43. The lowest BCUT2D eigenvalue weighted by atomic mass is 10.0. The highest BCUT2D eigenvalue weighted by atomic mass is 16.5. The molecule has 2 N–H and O–H groups in total. The van der Waals surface area contributed by atoms with Crippen LogP contribution in [0.4, 0.5) is 0 Å². The second kappa shape index (κ2) is 7.74. The number of ether oxygens (including phenoxy) is 2. The molecule has 0 fully saturated rings. The summed E-state index contributed by atoms with van der Waals surface area (Å²) in [6.07, 6.45) is 2.16. The number of hydrogen-bond donors (Lipinski definition) is 2. The number of H-pyrrole nitrogens is 1. The summed E-state index contributed by atoms with van der Waals surface area (Å²) >= 11 is 0. The summed E-state index contributed by atoms with van der Waals surface area (Å²) in [5, 5.41) is 3.76. The number of rotatable bonds is 6. The van der Waals surface area contributed by atoms with E-state index >= 15 is 0 Å². The standard InChI is InChI=1S/C20H20N2O4/c1-25-18-10-6-4-8-15(18)19(23)22-17(20(24)26-2)11-13-12-21-16-9-5-3-7-14(13)16/h3-10,12,17,21H,11H2,1-2H3,(H,22,23)/t17-/m0/s1. The third kappa shape index (κ3) is 3.54. The van der Waals surface area contributed by atoms with Crippen LogP contribution in [0.2, 0.25) is 0 Å². The van der Waals surface area contributed by atoms with Crippen LogP contribution in [0.25, 0.3) is 10.9 Å². The maximum absolute atomic E-state index is 12.6. The van der Waals surface area contributed by atoms with E-state index in [0.29, 0.717) is 17.7 Å². The van der Waals surface area contributed by atoms with Gasteiger partial charge in [-0.05, 0) is 23.8 Å². The fraction of sp³-hybridized carbons (Fsp3) is 0.200. The molecule has 0 unspecified atom stereocenters. The number of aromatic amines is 1. The number of aromatic nitrogens is 1. The lowest BCUT2D eigenvalue weighted by Gasteiger charge is -2.17. The van der Waals surface area contributed by atoms with Crippen LogP contribution in [-0.2, 0) is 16.0 Å². The molecule has 0 spiro atoms. The second-order valence-electron chi connectivity index (χ2n) is 5.81. The van der Waals surface area contributed by atoms with Crippen molar-refractivity contribution in [3.8, 4) is 5.75 Å². The van der Waals surface area contributed by atoms with Crippen LogP contribution < -0.4 is 10.1 Å². The van der Waals surface area contributed by atoms with E-state index < -0.39 is 17.9 Å². The molecule has 1 amide bonds. The van der Waals surface area contributed by atoms with Gasteiger partial charge >= 0.3 is 5.97 Å². The van der Waals surface area contributed by atoms with Crippen molar-refractivity contribution < 1.29 is 19.1 Å². The number of esters is 1. The summed E-state index contributed by atoms with van der Waals surface area (Å²) in [4.78, 5) is 28.0. The molecule has 1 aromatic heterocycles. The van der Waals surface area contributed by atoms with Gasteiger partial charge in [-0.25, -0.2) is 4.79 Å². The number of methoxy groups -OCH3 is 2. The van der Waals surface area contributed by atoms with E-state index in [-0.39, 0.29) is 0 Å². The predicted octanol–water partition coefficient (Wildman–Crippen LogP) is 2.69. The van der Waals surface area contributed by atoms with Gasteiger partial charge in [-0.2, -0.15) is 0 Å². The zero-order valence-electron chi connectivity index (χ0n) is 14.6. The van der Waals surface area contributed by atoms with E-state index in [4.69, 9.17) is 9.47 Å². The number of hydrogen-bond acceptors (Lipinski definition) is 4. The van der Waals surface area contributed by atoms with E-state index in [2.05, 4.69) is 10.3 Å². The van der Waals surface area contributed by atoms with Gasteiger partial charge in [0.25, 0.3) is 5.91 Å². The van der Waals surface area contributed by atoms with E-state index in [1.807, 2.05) is 30.5 Å². The van der Waals surface area contributed by atoms with Gasteiger partial charge in [-0.1, -0.05) is 30.3 Å². The molecule has 3 rings (SSSR count). The Morgan fingerprint density at radius 3 is 2.58 bits per heavy atom. The number of fused-ring (bicyclic) bond motifs is 1. The molecule has 1 heterocycles. The van der Waals surface area contributed by atoms with Crippen molar-refractivity contribution in [1.29, 1.82) is 0 Å². The van der Waals surface area contributed by atoms with Crippen LogP contribution in [-0.4, -0.2) is 37.1 Å². The number of carbonyl (C=O) groups is 2. The Labute approximate surface area is 151 Å². The molecule has 0 aliphatic heterocycles. The summed E-state index contributed by atoms with van der Waals surface area (Å²) < 4.78 is 10.1. The Morgan fingerprint density at radius 2 is 1.81 bits per heavy atom. The van der Waals surface area contributed by atoms with Crippen molar-refractivity contribution in [1.82, 2.24) is 10.3 Å². The van der Waals surface area contributed by atoms with E-state index in [0.717, 1.165) is 16.5 Å². The average Bonchev–Trinajstić information content (AvgIpc) is 3.09. The van der Waals surface area contributed by atoms with Crippen molar-refractivity contribution in [3.63, 3.8) is 0 Å². The Kier molecular flexibility index (Phi) is 5.22. The highest BCUT2D eigenvalue weighted by molar-refractivity contribution is 5.99. The molecular weight excluding hydrogens is 332 g/mol. The molecule has 0 saturated carbocycles. The highest BCUT2D eigenvalue weighted by Gasteiger charge is 2.25. The molecule has 0 saturated heterocycles. The topological polar surface area (TPSA) is 80.4 Å². The molecule has 1 atom stereocenters. The van der Waals surface area contributed by atoms with Crippen LogP contribution in [0, 0.1) is 0 Å². The van der Waals surface area contributed by atoms with Gasteiger partial charge in [-0.3, -0.25) is 4.79 Å². The third-order valence-electron chi connectivity index (χ3n) is 4.24. The molecule has 6 heteroatoms. The van der Waals surface area contributed by atoms with E-state index in [9.17, 15) is 9.59 Å². The molecule has 0 aliphatic rings. The average molecular weight is 352 g/mol. The van der Waals surface area contributed by atoms with Crippen LogP contribution in [0.1, 0.15) is 15.9 Å². The Hall–Kier alpha value is -3.28. The third-order valence-corrected chi connectivity index (χ3v) is 4.24. The van der Waals surface area contributed by atoms with Gasteiger partial charge in [0.05, 0.1) is 19.8 Å². The molecule has 0 radical (unpaired) electrons. The highest BCUT2D eigenvalue weighted by Crippen LogP contribution is 2.21. The maximum Gasteiger partial charge on any atom is 0.328 e. The number of benzene rings is 2. The summed E-state index contributed by atoms with van der Waals surface area (Å²) in [5.74, 6) is -0.447. The van der Waals surface area contributed by atoms with Crippen molar-refractivity contribution in [2.24, 2.45) is 0 Å². The first-order valence-electron chi connectivity index (χ1n) is 8.20. The summed E-state index contributed by atoms with van der Waals surface area (Å²) in [6.45, 7) is 0. The normalized spacial score (nSPS) is 11.8.